The van der Waals surface area contributed by atoms with Crippen molar-refractivity contribution in [3.05, 3.63) is 64.1 Å². The standard InChI is InChI=1S/C14H14N2O/c15-12-5-6-14(17)16(9-12)8-11-7-10-3-1-2-4-13(10)11/h1-6,9,11H,7-8,15H2. The number of nitrogen functional groups attached to an aromatic ring is 1. The number of pyridine rings is 1. The first-order valence-corrected chi connectivity index (χ1v) is 5.78. The molecule has 1 heterocycles. The summed E-state index contributed by atoms with van der Waals surface area (Å²) in [6, 6.07) is 11.6. The first-order valence-electron chi connectivity index (χ1n) is 5.78. The smallest absolute Gasteiger partial charge is 0.250 e. The summed E-state index contributed by atoms with van der Waals surface area (Å²) in [5, 5.41) is 0. The third-order valence-corrected chi connectivity index (χ3v) is 3.38. The van der Waals surface area contributed by atoms with E-state index in [1.165, 1.54) is 17.2 Å². The quantitative estimate of drug-likeness (QED) is 0.848. The van der Waals surface area contributed by atoms with Crippen molar-refractivity contribution in [2.24, 2.45) is 0 Å². The Morgan fingerprint density at radius 3 is 2.88 bits per heavy atom. The number of benzene rings is 1. The molecule has 0 bridgehead atoms. The summed E-state index contributed by atoms with van der Waals surface area (Å²) in [6.07, 6.45) is 2.78. The van der Waals surface area contributed by atoms with Crippen LogP contribution in [0.3, 0.4) is 0 Å². The van der Waals surface area contributed by atoms with Gasteiger partial charge in [0.1, 0.15) is 0 Å². The Kier molecular flexibility index (Phi) is 2.25. The van der Waals surface area contributed by atoms with E-state index < -0.39 is 0 Å². The molecule has 0 radical (unpaired) electrons. The fraction of sp³-hybridized carbons (Fsp3) is 0.214. The van der Waals surface area contributed by atoms with Crippen molar-refractivity contribution in [3.63, 3.8) is 0 Å². The fourth-order valence-electron chi connectivity index (χ4n) is 2.46. The van der Waals surface area contributed by atoms with Crippen molar-refractivity contribution in [2.45, 2.75) is 18.9 Å². The number of nitrogens with zero attached hydrogens (tertiary/aromatic N) is 1. The van der Waals surface area contributed by atoms with E-state index in [2.05, 4.69) is 18.2 Å². The van der Waals surface area contributed by atoms with Crippen molar-refractivity contribution >= 4 is 5.69 Å². The molecule has 0 spiro atoms. The number of hydrogen-bond acceptors (Lipinski definition) is 2. The maximum atomic E-state index is 11.7. The zero-order valence-corrected chi connectivity index (χ0v) is 9.47. The molecule has 1 aromatic carbocycles. The van der Waals surface area contributed by atoms with Gasteiger partial charge in [-0.15, -0.1) is 0 Å². The SMILES string of the molecule is Nc1ccc(=O)n(CC2Cc3ccccc32)c1. The highest BCUT2D eigenvalue weighted by Gasteiger charge is 2.25. The minimum Gasteiger partial charge on any atom is -0.398 e. The van der Waals surface area contributed by atoms with Crippen LogP contribution in [0.4, 0.5) is 5.69 Å². The first kappa shape index (κ1) is 10.1. The monoisotopic (exact) mass is 226 g/mol. The van der Waals surface area contributed by atoms with Gasteiger partial charge in [0.25, 0.3) is 5.56 Å². The van der Waals surface area contributed by atoms with Gasteiger partial charge >= 0.3 is 0 Å². The van der Waals surface area contributed by atoms with E-state index in [9.17, 15) is 4.79 Å². The molecule has 0 saturated heterocycles. The van der Waals surface area contributed by atoms with Crippen LogP contribution in [-0.2, 0) is 13.0 Å². The first-order chi connectivity index (χ1) is 8.24. The Labute approximate surface area is 99.5 Å². The van der Waals surface area contributed by atoms with Crippen LogP contribution in [0.25, 0.3) is 0 Å². The molecule has 1 aliphatic carbocycles. The summed E-state index contributed by atoms with van der Waals surface area (Å²) < 4.78 is 1.70. The van der Waals surface area contributed by atoms with E-state index >= 15 is 0 Å². The van der Waals surface area contributed by atoms with Crippen LogP contribution < -0.4 is 11.3 Å². The van der Waals surface area contributed by atoms with Gasteiger partial charge in [-0.05, 0) is 23.6 Å². The number of aromatic nitrogens is 1. The van der Waals surface area contributed by atoms with Gasteiger partial charge in [0.2, 0.25) is 0 Å². The highest BCUT2D eigenvalue weighted by atomic mass is 16.1. The van der Waals surface area contributed by atoms with Crippen LogP contribution in [0, 0.1) is 0 Å². The molecule has 1 aliphatic rings. The second kappa shape index (κ2) is 3.77. The van der Waals surface area contributed by atoms with Crippen molar-refractivity contribution in [2.75, 3.05) is 5.73 Å². The molecule has 1 unspecified atom stereocenters. The maximum Gasteiger partial charge on any atom is 0.250 e. The molecule has 0 fully saturated rings. The average Bonchev–Trinajstić information content (AvgIpc) is 2.30. The lowest BCUT2D eigenvalue weighted by atomic mass is 9.77. The molecule has 0 amide bonds. The summed E-state index contributed by atoms with van der Waals surface area (Å²) >= 11 is 0. The fourth-order valence-corrected chi connectivity index (χ4v) is 2.46. The molecule has 1 aromatic heterocycles. The van der Waals surface area contributed by atoms with Gasteiger partial charge in [-0.25, -0.2) is 0 Å². The van der Waals surface area contributed by atoms with Gasteiger partial charge in [0.05, 0.1) is 0 Å². The van der Waals surface area contributed by atoms with Crippen LogP contribution in [0.2, 0.25) is 0 Å². The largest absolute Gasteiger partial charge is 0.398 e. The zero-order chi connectivity index (χ0) is 11.8. The lowest BCUT2D eigenvalue weighted by Crippen LogP contribution is -2.27. The molecule has 3 rings (SSSR count). The predicted octanol–water partition coefficient (Wildman–Crippen LogP) is 1.77. The van der Waals surface area contributed by atoms with Gasteiger partial charge in [-0.2, -0.15) is 0 Å². The maximum absolute atomic E-state index is 11.7. The van der Waals surface area contributed by atoms with Gasteiger partial charge in [0.15, 0.2) is 0 Å². The lowest BCUT2D eigenvalue weighted by molar-refractivity contribution is 0.499. The van der Waals surface area contributed by atoms with E-state index in [-0.39, 0.29) is 5.56 Å². The van der Waals surface area contributed by atoms with Crippen LogP contribution >= 0.6 is 0 Å². The molecule has 0 saturated carbocycles. The molecule has 17 heavy (non-hydrogen) atoms. The van der Waals surface area contributed by atoms with E-state index in [0.717, 1.165) is 13.0 Å². The van der Waals surface area contributed by atoms with Crippen molar-refractivity contribution in [3.8, 4) is 0 Å². The third-order valence-electron chi connectivity index (χ3n) is 3.38. The molecule has 86 valence electrons. The predicted molar refractivity (Wildman–Crippen MR) is 68.0 cm³/mol. The van der Waals surface area contributed by atoms with Crippen molar-refractivity contribution in [1.29, 1.82) is 0 Å². The van der Waals surface area contributed by atoms with E-state index in [1.807, 2.05) is 6.07 Å². The number of fused-ring (bicyclic) bond motifs is 1. The Hall–Kier alpha value is -2.03. The normalized spacial score (nSPS) is 17.3. The third kappa shape index (κ3) is 1.73. The summed E-state index contributed by atoms with van der Waals surface area (Å²) in [6.45, 7) is 0.723. The van der Waals surface area contributed by atoms with Crippen LogP contribution in [0.1, 0.15) is 17.0 Å². The van der Waals surface area contributed by atoms with Gasteiger partial charge in [-0.3, -0.25) is 4.79 Å². The van der Waals surface area contributed by atoms with Gasteiger partial charge in [0, 0.05) is 30.4 Å². The number of anilines is 1. The van der Waals surface area contributed by atoms with E-state index in [1.54, 1.807) is 16.8 Å². The second-order valence-corrected chi connectivity index (χ2v) is 4.55. The summed E-state index contributed by atoms with van der Waals surface area (Å²) in [4.78, 5) is 11.7. The number of nitrogens with two attached hydrogens (primary N) is 1. The summed E-state index contributed by atoms with van der Waals surface area (Å²) in [5.41, 5.74) is 9.11. The molecule has 3 nitrogen and oxygen atoms in total. The molecule has 2 N–H and O–H groups in total. The van der Waals surface area contributed by atoms with Crippen LogP contribution in [0.5, 0.6) is 0 Å². The lowest BCUT2D eigenvalue weighted by Gasteiger charge is -2.30. The van der Waals surface area contributed by atoms with Gasteiger partial charge in [-0.1, -0.05) is 24.3 Å². The molecule has 0 aliphatic heterocycles. The number of hydrogen-bond donors (Lipinski definition) is 1. The van der Waals surface area contributed by atoms with E-state index in [0.29, 0.717) is 11.6 Å². The Balaban J connectivity index is 1.86. The summed E-state index contributed by atoms with van der Waals surface area (Å²) in [5.74, 6) is 0.450. The second-order valence-electron chi connectivity index (χ2n) is 4.55. The minimum atomic E-state index is 0.0172. The molecular formula is C14H14N2O. The molecule has 3 heteroatoms. The van der Waals surface area contributed by atoms with Crippen molar-refractivity contribution < 1.29 is 0 Å². The Morgan fingerprint density at radius 1 is 1.24 bits per heavy atom. The van der Waals surface area contributed by atoms with Crippen LogP contribution in [-0.4, -0.2) is 4.57 Å². The topological polar surface area (TPSA) is 48.0 Å². The van der Waals surface area contributed by atoms with Crippen molar-refractivity contribution in [1.82, 2.24) is 4.57 Å². The highest BCUT2D eigenvalue weighted by molar-refractivity contribution is 5.40. The van der Waals surface area contributed by atoms with Crippen LogP contribution in [0.15, 0.2) is 47.4 Å². The molecule has 2 aromatic rings. The molecule has 1 atom stereocenters. The number of rotatable bonds is 2. The van der Waals surface area contributed by atoms with Gasteiger partial charge < -0.3 is 10.3 Å². The zero-order valence-electron chi connectivity index (χ0n) is 9.47. The summed E-state index contributed by atoms with van der Waals surface area (Å²) in [7, 11) is 0. The average molecular weight is 226 g/mol. The Morgan fingerprint density at radius 2 is 2.06 bits per heavy atom. The molecular weight excluding hydrogens is 212 g/mol. The highest BCUT2D eigenvalue weighted by Crippen LogP contribution is 2.35. The minimum absolute atomic E-state index is 0.0172. The van der Waals surface area contributed by atoms with E-state index in [4.69, 9.17) is 5.73 Å². The Bertz CT molecular complexity index is 616.